The van der Waals surface area contributed by atoms with Gasteiger partial charge in [-0.15, -0.1) is 0 Å². The van der Waals surface area contributed by atoms with E-state index in [-0.39, 0.29) is 82.5 Å². The number of fused-ring (bicyclic) bond motifs is 3. The van der Waals surface area contributed by atoms with E-state index >= 15 is 0 Å². The number of ether oxygens (including phenoxy) is 1. The fourth-order valence-electron chi connectivity index (χ4n) is 7.42. The van der Waals surface area contributed by atoms with Crippen LogP contribution in [0.25, 0.3) is 44.5 Å². The van der Waals surface area contributed by atoms with E-state index in [1.54, 1.807) is 6.07 Å². The van der Waals surface area contributed by atoms with Gasteiger partial charge in [0.2, 0.25) is 5.91 Å². The first-order valence-corrected chi connectivity index (χ1v) is 24.9. The number of phenols is 1. The number of carbonyl (C=O) groups is 3. The van der Waals surface area contributed by atoms with Crippen LogP contribution < -0.4 is 21.8 Å². The molecule has 0 spiro atoms. The number of aromatic hydroxyl groups is 1. The Morgan fingerprint density at radius 1 is 0.928 bits per heavy atom. The zero-order valence-corrected chi connectivity index (χ0v) is 38.2. The molecule has 0 radical (unpaired) electrons. The number of hydrogen-bond donors (Lipinski definition) is 10. The number of aliphatic hydroxyl groups excluding tert-OH is 1. The smallest absolute Gasteiger partial charge is 0.490 e. The van der Waals surface area contributed by atoms with Crippen molar-refractivity contribution in [2.45, 2.75) is 50.5 Å². The lowest BCUT2D eigenvalue weighted by Gasteiger charge is -2.19. The maximum Gasteiger partial charge on any atom is 0.490 e. The topological polar surface area (TPSA) is 392 Å². The largest absolute Gasteiger partial charge is 0.508 e. The van der Waals surface area contributed by atoms with Crippen LogP contribution in [0.2, 0.25) is 0 Å². The Kier molecular flexibility index (Phi) is 15.2. The third-order valence-electron chi connectivity index (χ3n) is 10.4. The molecule has 5 unspecified atom stereocenters. The number of aliphatic hydroxyl groups is 1. The van der Waals surface area contributed by atoms with Gasteiger partial charge in [0.05, 0.1) is 35.8 Å². The van der Waals surface area contributed by atoms with E-state index in [1.165, 1.54) is 65.6 Å². The van der Waals surface area contributed by atoms with Crippen LogP contribution in [0.1, 0.15) is 64.6 Å². The minimum atomic E-state index is -5.76. The number of carboxylic acid groups (broad SMARTS) is 1. The van der Waals surface area contributed by atoms with Crippen molar-refractivity contribution in [3.63, 3.8) is 0 Å². The van der Waals surface area contributed by atoms with Gasteiger partial charge in [-0.3, -0.25) is 18.9 Å². The number of phosphoric ester groups is 1. The molecule has 2 aliphatic heterocycles. The molecule has 4 heterocycles. The Morgan fingerprint density at radius 3 is 2.46 bits per heavy atom. The Hall–Kier alpha value is -6.35. The average Bonchev–Trinajstić information content (AvgIpc) is 3.83. The molecule has 2 aromatic carbocycles. The SMILES string of the molecule is Nc1ncnc2c1c(C#CCNC(=O)CCCCCNC(=O)c1ccc(C(=O)O)c(-c3c4ccc(=O)cc-4oc4cc(O)ccc34)c1)cn2C1CC(O)C(COP(=O)(O)OP(=O)(O)OP(=O)(O)O)O1. The first kappa shape index (κ1) is 50.5. The third kappa shape index (κ3) is 12.5. The van der Waals surface area contributed by atoms with Gasteiger partial charge in [-0.1, -0.05) is 18.3 Å². The van der Waals surface area contributed by atoms with Crippen molar-refractivity contribution in [2.24, 2.45) is 0 Å². The molecule has 3 aliphatic rings. The molecule has 0 saturated carbocycles. The van der Waals surface area contributed by atoms with Crippen LogP contribution in [0.15, 0.2) is 76.3 Å². The second-order valence-electron chi connectivity index (χ2n) is 15.3. The van der Waals surface area contributed by atoms with E-state index in [1.807, 2.05) is 0 Å². The van der Waals surface area contributed by atoms with Gasteiger partial charge in [0.25, 0.3) is 5.91 Å². The van der Waals surface area contributed by atoms with Crippen molar-refractivity contribution in [3.05, 3.63) is 94.0 Å². The Morgan fingerprint density at radius 2 is 1.71 bits per heavy atom. The van der Waals surface area contributed by atoms with Gasteiger partial charge in [-0.05, 0) is 60.9 Å². The summed E-state index contributed by atoms with van der Waals surface area (Å²) in [6.45, 7) is -0.707. The predicted molar refractivity (Wildman–Crippen MR) is 240 cm³/mol. The van der Waals surface area contributed by atoms with Crippen molar-refractivity contribution < 1.29 is 85.3 Å². The summed E-state index contributed by atoms with van der Waals surface area (Å²) in [4.78, 5) is 95.3. The number of unbranched alkanes of at least 4 members (excludes halogenated alkanes) is 2. The lowest BCUT2D eigenvalue weighted by Crippen LogP contribution is -2.26. The predicted octanol–water partition coefficient (Wildman–Crippen LogP) is 3.75. The van der Waals surface area contributed by atoms with Crippen molar-refractivity contribution in [3.8, 4) is 40.0 Å². The number of phosphoric acid groups is 3. The van der Waals surface area contributed by atoms with E-state index in [2.05, 4.69) is 45.6 Å². The van der Waals surface area contributed by atoms with E-state index < -0.39 is 60.4 Å². The highest BCUT2D eigenvalue weighted by Crippen LogP contribution is 2.66. The third-order valence-corrected chi connectivity index (χ3v) is 14.2. The zero-order valence-electron chi connectivity index (χ0n) is 35.5. The molecular formula is C41H41N6O19P3. The van der Waals surface area contributed by atoms with E-state index in [0.717, 1.165) is 0 Å². The number of carboxylic acids is 1. The van der Waals surface area contributed by atoms with Crippen LogP contribution in [0.5, 0.6) is 5.75 Å². The quantitative estimate of drug-likeness (QED) is 0.0254. The summed E-state index contributed by atoms with van der Waals surface area (Å²) >= 11 is 0. The van der Waals surface area contributed by atoms with Gasteiger partial charge < -0.3 is 65.0 Å². The van der Waals surface area contributed by atoms with Gasteiger partial charge >= 0.3 is 29.4 Å². The molecule has 69 heavy (non-hydrogen) atoms. The van der Waals surface area contributed by atoms with Gasteiger partial charge in [0.1, 0.15) is 47.2 Å². The highest BCUT2D eigenvalue weighted by atomic mass is 31.3. The Balaban J connectivity index is 0.900. The number of anilines is 1. The number of aromatic carboxylic acids is 1. The molecule has 5 atom stereocenters. The van der Waals surface area contributed by atoms with Crippen LogP contribution in [-0.4, -0.2) is 99.1 Å². The highest BCUT2D eigenvalue weighted by molar-refractivity contribution is 7.66. The summed E-state index contributed by atoms with van der Waals surface area (Å²) in [5.74, 6) is 3.80. The zero-order chi connectivity index (χ0) is 49.8. The number of nitrogens with one attached hydrogen (secondary N) is 2. The van der Waals surface area contributed by atoms with Crippen molar-refractivity contribution in [1.29, 1.82) is 0 Å². The molecule has 1 aliphatic carbocycles. The highest BCUT2D eigenvalue weighted by Gasteiger charge is 2.43. The molecule has 2 amide bonds. The second kappa shape index (κ2) is 20.7. The van der Waals surface area contributed by atoms with Gasteiger partial charge in [-0.2, -0.15) is 8.62 Å². The van der Waals surface area contributed by atoms with Crippen molar-refractivity contribution in [2.75, 3.05) is 25.4 Å². The molecule has 4 aromatic rings. The summed E-state index contributed by atoms with van der Waals surface area (Å²) < 4.78 is 59.8. The minimum absolute atomic E-state index is 0.0430. The molecule has 28 heteroatoms. The molecule has 2 aromatic heterocycles. The van der Waals surface area contributed by atoms with Crippen LogP contribution in [0, 0.1) is 11.8 Å². The molecule has 7 rings (SSSR count). The van der Waals surface area contributed by atoms with Crippen LogP contribution in [0.3, 0.4) is 0 Å². The number of amides is 2. The number of nitrogens with zero attached hydrogens (tertiary/aromatic N) is 3. The lowest BCUT2D eigenvalue weighted by atomic mass is 9.89. The Labute approximate surface area is 388 Å². The summed E-state index contributed by atoms with van der Waals surface area (Å²) in [5.41, 5.74) is 7.61. The molecule has 0 bridgehead atoms. The fourth-order valence-corrected chi connectivity index (χ4v) is 10.4. The average molecular weight is 1010 g/mol. The number of nitrogen functional groups attached to an aromatic ring is 1. The number of hydrogen-bond acceptors (Lipinski definition) is 17. The molecule has 11 N–H and O–H groups in total. The lowest BCUT2D eigenvalue weighted by molar-refractivity contribution is -0.121. The summed E-state index contributed by atoms with van der Waals surface area (Å²) in [5, 5.41) is 37.1. The molecule has 1 fully saturated rings. The monoisotopic (exact) mass is 1010 g/mol. The maximum absolute atomic E-state index is 13.3. The molecule has 1 saturated heterocycles. The molecule has 364 valence electrons. The fraction of sp³-hybridized carbons (Fsp3) is 0.268. The van der Waals surface area contributed by atoms with E-state index in [4.69, 9.17) is 24.7 Å². The maximum atomic E-state index is 13.3. The molecular weight excluding hydrogens is 973 g/mol. The van der Waals surface area contributed by atoms with E-state index in [9.17, 15) is 58.0 Å². The summed E-state index contributed by atoms with van der Waals surface area (Å²) in [7, 11) is -16.9. The number of rotatable bonds is 18. The van der Waals surface area contributed by atoms with Crippen molar-refractivity contribution >= 4 is 69.1 Å². The van der Waals surface area contributed by atoms with Gasteiger partial charge in [0, 0.05) is 59.8 Å². The van der Waals surface area contributed by atoms with Gasteiger partial charge in [0.15, 0.2) is 5.43 Å². The van der Waals surface area contributed by atoms with Crippen LogP contribution in [0.4, 0.5) is 5.82 Å². The summed E-state index contributed by atoms with van der Waals surface area (Å²) in [6.07, 6.45) is 0.601. The first-order chi connectivity index (χ1) is 32.6. The van der Waals surface area contributed by atoms with Crippen LogP contribution in [-0.2, 0) is 36.4 Å². The standard InChI is InChI=1S/C41H41N6O19P3/c42-38-36-23(19-47(39(36)46-21-45-38)35-18-30(50)33(64-35)20-62-68(58,59)66-69(60,61)65-67(55,56)57)5-4-14-43-34(51)6-2-1-3-13-44-40(52)22-7-10-26(41(53)54)29(15-22)37-27-11-8-24(48)16-31(27)63-32-17-25(49)9-12-28(32)37/h7-12,15-17,19,21,30,33,35,48,50H,1-3,6,13-14,18,20H2,(H,43,51)(H,44,52)(H,53,54)(H,58,59)(H,60,61)(H2,42,45,46)(H2,55,56,57). The van der Waals surface area contributed by atoms with E-state index in [0.29, 0.717) is 46.7 Å². The number of carbonyl (C=O) groups excluding carboxylic acids is 2. The second-order valence-corrected chi connectivity index (χ2v) is 19.7. The number of aromatic nitrogens is 3. The Bertz CT molecular complexity index is 3220. The number of phenolic OH excluding ortho intramolecular Hbond substituents is 1. The van der Waals surface area contributed by atoms with Gasteiger partial charge in [-0.25, -0.2) is 28.5 Å². The van der Waals surface area contributed by atoms with Crippen molar-refractivity contribution in [1.82, 2.24) is 25.2 Å². The normalized spacial score (nSPS) is 17.8. The molecule has 25 nitrogen and oxygen atoms in total. The minimum Gasteiger partial charge on any atom is -0.508 e. The number of benzene rings is 3. The van der Waals surface area contributed by atoms with Crippen LogP contribution >= 0.6 is 23.5 Å². The number of nitrogens with two attached hydrogens (primary N) is 1. The summed E-state index contributed by atoms with van der Waals surface area (Å²) in [6, 6.07) is 12.5. The first-order valence-electron chi connectivity index (χ1n) is 20.4.